The van der Waals surface area contributed by atoms with Crippen molar-refractivity contribution in [3.05, 3.63) is 119 Å². The van der Waals surface area contributed by atoms with Gasteiger partial charge in [0.25, 0.3) is 0 Å². The fourth-order valence-corrected chi connectivity index (χ4v) is 5.52. The fraction of sp³-hybridized carbons (Fsp3) is 0.250. The highest BCUT2D eigenvalue weighted by atomic mass is 16.2. The number of guanidine groups is 1. The number of nitrogens with one attached hydrogen (secondary N) is 3. The van der Waals surface area contributed by atoms with Gasteiger partial charge in [0.15, 0.2) is 5.96 Å². The summed E-state index contributed by atoms with van der Waals surface area (Å²) in [6.45, 7) is 2.10. The maximum atomic E-state index is 14.4. The molecule has 0 bridgehead atoms. The lowest BCUT2D eigenvalue weighted by molar-refractivity contribution is -0.133. The van der Waals surface area contributed by atoms with Crippen LogP contribution in [0.3, 0.4) is 0 Å². The molecule has 11 heteroatoms. The fourth-order valence-electron chi connectivity index (χ4n) is 5.52. The summed E-state index contributed by atoms with van der Waals surface area (Å²) in [5.74, 6) is -1.74. The van der Waals surface area contributed by atoms with Crippen LogP contribution < -0.4 is 33.6 Å². The lowest BCUT2D eigenvalue weighted by Gasteiger charge is -2.32. The number of nitrogens with two attached hydrogens (primary N) is 4. The molecule has 3 amide bonds. The summed E-state index contributed by atoms with van der Waals surface area (Å²) in [6, 6.07) is 28.2. The van der Waals surface area contributed by atoms with Crippen molar-refractivity contribution in [1.82, 2.24) is 10.6 Å². The lowest BCUT2D eigenvalue weighted by atomic mass is 9.76. The highest BCUT2D eigenvalue weighted by molar-refractivity contribution is 5.96. The maximum absolute atomic E-state index is 14.4. The molecule has 0 aliphatic heterocycles. The van der Waals surface area contributed by atoms with E-state index in [-0.39, 0.29) is 37.1 Å². The number of benzene rings is 4. The molecular formula is C36H42N8O3. The van der Waals surface area contributed by atoms with Crippen LogP contribution in [0.5, 0.6) is 0 Å². The van der Waals surface area contributed by atoms with E-state index in [9.17, 15) is 14.4 Å². The summed E-state index contributed by atoms with van der Waals surface area (Å²) in [5, 5.41) is 15.5. The average molecular weight is 635 g/mol. The van der Waals surface area contributed by atoms with Gasteiger partial charge in [0.2, 0.25) is 17.7 Å². The number of hydrogen-bond donors (Lipinski definition) is 7. The van der Waals surface area contributed by atoms with E-state index < -0.39 is 29.3 Å². The molecule has 1 unspecified atom stereocenters. The van der Waals surface area contributed by atoms with Gasteiger partial charge in [-0.1, -0.05) is 97.1 Å². The van der Waals surface area contributed by atoms with Gasteiger partial charge in [-0.3, -0.25) is 24.8 Å². The molecule has 11 N–H and O–H groups in total. The molecule has 0 aliphatic carbocycles. The van der Waals surface area contributed by atoms with Gasteiger partial charge in [0.05, 0.1) is 5.41 Å². The first kappa shape index (κ1) is 34.2. The van der Waals surface area contributed by atoms with E-state index in [0.29, 0.717) is 18.4 Å². The zero-order valence-corrected chi connectivity index (χ0v) is 26.4. The Hall–Kier alpha value is -5.71. The molecule has 0 spiro atoms. The highest BCUT2D eigenvalue weighted by Crippen LogP contribution is 2.29. The second kappa shape index (κ2) is 15.5. The van der Waals surface area contributed by atoms with Crippen molar-refractivity contribution in [1.29, 1.82) is 5.41 Å². The molecule has 4 aromatic carbocycles. The molecule has 47 heavy (non-hydrogen) atoms. The standard InChI is InChI=1S/C36H42N8O3/c1-36(28-10-3-2-4-11-28,22-23-13-17-26(18-14-23)31(37)38)34(47)44-30(21-24-15-16-25-8-5-6-9-27(25)20-24)33(46)43-29(32(39)45)12-7-19-42-35(40)41/h2-6,8-11,13-18,20,29-30H,7,12,19,21-22H2,1H3,(H3,37,38)(H2,39,45)(H,43,46)(H,44,47)(H4,40,41,42)/t29?,30-,36-/m0/s1. The Balaban J connectivity index is 1.65. The Labute approximate surface area is 274 Å². The third-order valence-electron chi connectivity index (χ3n) is 8.22. The van der Waals surface area contributed by atoms with Gasteiger partial charge in [-0.25, -0.2) is 0 Å². The molecule has 0 aromatic heterocycles. The first-order valence-electron chi connectivity index (χ1n) is 15.4. The monoisotopic (exact) mass is 634 g/mol. The minimum Gasteiger partial charge on any atom is -0.384 e. The van der Waals surface area contributed by atoms with Gasteiger partial charge in [0.1, 0.15) is 17.9 Å². The predicted molar refractivity (Wildman–Crippen MR) is 186 cm³/mol. The van der Waals surface area contributed by atoms with E-state index in [1.807, 2.05) is 91.9 Å². The van der Waals surface area contributed by atoms with Crippen LogP contribution >= 0.6 is 0 Å². The van der Waals surface area contributed by atoms with E-state index in [4.69, 9.17) is 28.3 Å². The number of fused-ring (bicyclic) bond motifs is 1. The Morgan fingerprint density at radius 3 is 2.06 bits per heavy atom. The smallest absolute Gasteiger partial charge is 0.243 e. The number of hydrogen-bond acceptors (Lipinski definition) is 5. The zero-order chi connectivity index (χ0) is 34.0. The van der Waals surface area contributed by atoms with Crippen LogP contribution in [-0.2, 0) is 32.6 Å². The van der Waals surface area contributed by atoms with Crippen LogP contribution in [0.25, 0.3) is 10.8 Å². The maximum Gasteiger partial charge on any atom is 0.243 e. The molecule has 0 aliphatic rings. The number of nitrogen functional groups attached to an aromatic ring is 1. The zero-order valence-electron chi connectivity index (χ0n) is 26.4. The van der Waals surface area contributed by atoms with Crippen molar-refractivity contribution in [2.24, 2.45) is 27.9 Å². The Morgan fingerprint density at radius 2 is 1.43 bits per heavy atom. The van der Waals surface area contributed by atoms with Crippen molar-refractivity contribution in [2.75, 3.05) is 6.54 Å². The van der Waals surface area contributed by atoms with E-state index in [1.165, 1.54) is 0 Å². The largest absolute Gasteiger partial charge is 0.384 e. The number of amides is 3. The molecule has 0 saturated carbocycles. The first-order chi connectivity index (χ1) is 22.5. The second-order valence-electron chi connectivity index (χ2n) is 11.8. The number of aliphatic imine (C=N–C) groups is 1. The number of carbonyl (C=O) groups is 3. The van der Waals surface area contributed by atoms with Gasteiger partial charge in [-0.2, -0.15) is 0 Å². The van der Waals surface area contributed by atoms with E-state index in [0.717, 1.165) is 27.5 Å². The highest BCUT2D eigenvalue weighted by Gasteiger charge is 2.38. The van der Waals surface area contributed by atoms with Gasteiger partial charge in [0, 0.05) is 18.5 Å². The molecule has 3 atom stereocenters. The van der Waals surface area contributed by atoms with Crippen LogP contribution in [0.4, 0.5) is 0 Å². The summed E-state index contributed by atoms with van der Waals surface area (Å²) in [7, 11) is 0. The normalized spacial score (nSPS) is 13.5. The minimum absolute atomic E-state index is 0.0480. The molecule has 4 rings (SSSR count). The van der Waals surface area contributed by atoms with Gasteiger partial charge < -0.3 is 33.6 Å². The van der Waals surface area contributed by atoms with Crippen LogP contribution in [-0.4, -0.2) is 48.1 Å². The van der Waals surface area contributed by atoms with Crippen LogP contribution in [0.1, 0.15) is 42.0 Å². The van der Waals surface area contributed by atoms with E-state index >= 15 is 0 Å². The van der Waals surface area contributed by atoms with Crippen molar-refractivity contribution in [2.45, 2.75) is 50.1 Å². The van der Waals surface area contributed by atoms with Gasteiger partial charge in [-0.15, -0.1) is 0 Å². The summed E-state index contributed by atoms with van der Waals surface area (Å²) in [4.78, 5) is 44.5. The number of amidine groups is 1. The number of nitrogens with zero attached hydrogens (tertiary/aromatic N) is 1. The molecule has 244 valence electrons. The SMILES string of the molecule is C[C@@](Cc1ccc(C(=N)N)cc1)(C(=O)N[C@@H](Cc1ccc2ccccc2c1)C(=O)NC(CCCN=C(N)N)C(N)=O)c1ccccc1. The average Bonchev–Trinajstić information content (AvgIpc) is 3.06. The van der Waals surface area contributed by atoms with Gasteiger partial charge >= 0.3 is 0 Å². The summed E-state index contributed by atoms with van der Waals surface area (Å²) >= 11 is 0. The molecule has 11 nitrogen and oxygen atoms in total. The van der Waals surface area contributed by atoms with Crippen LogP contribution in [0.2, 0.25) is 0 Å². The Kier molecular flexibility index (Phi) is 11.3. The molecule has 4 aromatic rings. The third kappa shape index (κ3) is 9.16. The quantitative estimate of drug-likeness (QED) is 0.0591. The summed E-state index contributed by atoms with van der Waals surface area (Å²) in [6.07, 6.45) is 1.09. The van der Waals surface area contributed by atoms with E-state index in [2.05, 4.69) is 15.6 Å². The van der Waals surface area contributed by atoms with Gasteiger partial charge in [-0.05, 0) is 53.6 Å². The molecule has 0 saturated heterocycles. The van der Waals surface area contributed by atoms with Crippen molar-refractivity contribution < 1.29 is 14.4 Å². The van der Waals surface area contributed by atoms with Crippen molar-refractivity contribution >= 4 is 40.3 Å². The summed E-state index contributed by atoms with van der Waals surface area (Å²) < 4.78 is 0. The Morgan fingerprint density at radius 1 is 0.787 bits per heavy atom. The van der Waals surface area contributed by atoms with Crippen molar-refractivity contribution in [3.63, 3.8) is 0 Å². The summed E-state index contributed by atoms with van der Waals surface area (Å²) in [5.41, 5.74) is 24.0. The Bertz CT molecular complexity index is 1750. The van der Waals surface area contributed by atoms with E-state index in [1.54, 1.807) is 12.1 Å². The third-order valence-corrected chi connectivity index (χ3v) is 8.22. The number of carbonyl (C=O) groups excluding carboxylic acids is 3. The minimum atomic E-state index is -1.09. The van der Waals surface area contributed by atoms with Crippen LogP contribution in [0.15, 0.2) is 102 Å². The molecule has 0 radical (unpaired) electrons. The molecule has 0 fully saturated rings. The predicted octanol–water partition coefficient (Wildman–Crippen LogP) is 2.38. The molecule has 0 heterocycles. The molecular weight excluding hydrogens is 592 g/mol. The van der Waals surface area contributed by atoms with Crippen molar-refractivity contribution in [3.8, 4) is 0 Å². The first-order valence-corrected chi connectivity index (χ1v) is 15.4. The number of primary amides is 1. The lowest BCUT2D eigenvalue weighted by Crippen LogP contribution is -2.56. The van der Waals surface area contributed by atoms with Crippen LogP contribution in [0, 0.1) is 5.41 Å². The topological polar surface area (TPSA) is 216 Å². The number of rotatable bonds is 15. The second-order valence-corrected chi connectivity index (χ2v) is 11.8.